The lowest BCUT2D eigenvalue weighted by Gasteiger charge is -2.35. The predicted molar refractivity (Wildman–Crippen MR) is 60.5 cm³/mol. The zero-order valence-electron chi connectivity index (χ0n) is 9.63. The molecule has 14 heavy (non-hydrogen) atoms. The lowest BCUT2D eigenvalue weighted by Crippen LogP contribution is -2.40. The van der Waals surface area contributed by atoms with E-state index in [-0.39, 0.29) is 0 Å². The van der Waals surface area contributed by atoms with Gasteiger partial charge in [0.15, 0.2) is 0 Å². The summed E-state index contributed by atoms with van der Waals surface area (Å²) < 4.78 is 0. The fourth-order valence-electron chi connectivity index (χ4n) is 2.64. The van der Waals surface area contributed by atoms with Crippen molar-refractivity contribution in [3.63, 3.8) is 0 Å². The second kappa shape index (κ2) is 4.63. The van der Waals surface area contributed by atoms with Crippen molar-refractivity contribution in [2.45, 2.75) is 51.1 Å². The number of hydrogen-bond acceptors (Lipinski definition) is 2. The molecule has 2 atom stereocenters. The number of rotatable bonds is 4. The highest BCUT2D eigenvalue weighted by molar-refractivity contribution is 4.83. The zero-order chi connectivity index (χ0) is 9.97. The monoisotopic (exact) mass is 196 g/mol. The van der Waals surface area contributed by atoms with Crippen molar-refractivity contribution >= 4 is 0 Å². The van der Waals surface area contributed by atoms with Gasteiger partial charge in [-0.15, -0.1) is 0 Å². The molecule has 1 aliphatic carbocycles. The summed E-state index contributed by atoms with van der Waals surface area (Å²) in [4.78, 5) is 2.57. The smallest absolute Gasteiger partial charge is 0.0105 e. The van der Waals surface area contributed by atoms with Gasteiger partial charge in [-0.1, -0.05) is 13.3 Å². The molecule has 0 aromatic carbocycles. The summed E-state index contributed by atoms with van der Waals surface area (Å²) in [5.41, 5.74) is 0. The maximum absolute atomic E-state index is 3.61. The minimum absolute atomic E-state index is 0.789. The van der Waals surface area contributed by atoms with Gasteiger partial charge in [0.05, 0.1) is 0 Å². The van der Waals surface area contributed by atoms with Crippen LogP contribution in [-0.2, 0) is 0 Å². The molecule has 0 amide bonds. The molecule has 0 aromatic rings. The number of nitrogens with zero attached hydrogens (tertiary/aromatic N) is 1. The van der Waals surface area contributed by atoms with E-state index in [9.17, 15) is 0 Å². The largest absolute Gasteiger partial charge is 0.314 e. The van der Waals surface area contributed by atoms with Gasteiger partial charge in [-0.3, -0.25) is 0 Å². The van der Waals surface area contributed by atoms with Crippen LogP contribution in [0.1, 0.15) is 39.0 Å². The fraction of sp³-hybridized carbons (Fsp3) is 1.00. The van der Waals surface area contributed by atoms with Crippen molar-refractivity contribution in [1.82, 2.24) is 10.2 Å². The molecule has 2 unspecified atom stereocenters. The van der Waals surface area contributed by atoms with E-state index in [1.807, 2.05) is 0 Å². The van der Waals surface area contributed by atoms with Gasteiger partial charge in [0.1, 0.15) is 0 Å². The Bertz CT molecular complexity index is 177. The van der Waals surface area contributed by atoms with Crippen LogP contribution < -0.4 is 5.32 Å². The minimum Gasteiger partial charge on any atom is -0.314 e. The summed E-state index contributed by atoms with van der Waals surface area (Å²) in [5.74, 6) is 0.893. The second-order valence-electron chi connectivity index (χ2n) is 5.18. The van der Waals surface area contributed by atoms with Crippen molar-refractivity contribution in [2.24, 2.45) is 5.92 Å². The molecule has 2 rings (SSSR count). The van der Waals surface area contributed by atoms with Crippen molar-refractivity contribution in [2.75, 3.05) is 20.1 Å². The summed E-state index contributed by atoms with van der Waals surface area (Å²) in [6, 6.07) is 1.70. The molecule has 0 aromatic heterocycles. The highest BCUT2D eigenvalue weighted by atomic mass is 15.1. The van der Waals surface area contributed by atoms with E-state index in [4.69, 9.17) is 0 Å². The van der Waals surface area contributed by atoms with Crippen LogP contribution in [0.15, 0.2) is 0 Å². The van der Waals surface area contributed by atoms with E-state index in [1.54, 1.807) is 0 Å². The number of nitrogens with one attached hydrogen (secondary N) is 1. The van der Waals surface area contributed by atoms with E-state index in [0.717, 1.165) is 18.0 Å². The van der Waals surface area contributed by atoms with Crippen LogP contribution in [-0.4, -0.2) is 37.1 Å². The first kappa shape index (κ1) is 10.4. The first-order valence-electron chi connectivity index (χ1n) is 6.21. The van der Waals surface area contributed by atoms with Gasteiger partial charge in [-0.2, -0.15) is 0 Å². The normalized spacial score (nSPS) is 33.6. The first-order valence-corrected chi connectivity index (χ1v) is 6.21. The third-order valence-electron chi connectivity index (χ3n) is 4.18. The maximum Gasteiger partial charge on any atom is 0.0105 e. The van der Waals surface area contributed by atoms with Gasteiger partial charge >= 0.3 is 0 Å². The van der Waals surface area contributed by atoms with Gasteiger partial charge in [0.25, 0.3) is 0 Å². The molecule has 2 aliphatic rings. The summed E-state index contributed by atoms with van der Waals surface area (Å²) in [5, 5.41) is 3.61. The third kappa shape index (κ3) is 2.29. The fourth-order valence-corrected chi connectivity index (χ4v) is 2.64. The lowest BCUT2D eigenvalue weighted by atomic mass is 9.91. The summed E-state index contributed by atoms with van der Waals surface area (Å²) in [6.07, 6.45) is 7.04. The molecule has 2 heteroatoms. The zero-order valence-corrected chi connectivity index (χ0v) is 9.63. The Kier molecular flexibility index (Phi) is 3.45. The lowest BCUT2D eigenvalue weighted by molar-refractivity contribution is 0.152. The van der Waals surface area contributed by atoms with Crippen LogP contribution in [0, 0.1) is 5.92 Å². The predicted octanol–water partition coefficient (Wildman–Crippen LogP) is 1.86. The van der Waals surface area contributed by atoms with Crippen LogP contribution >= 0.6 is 0 Å². The molecule has 1 aliphatic heterocycles. The highest BCUT2D eigenvalue weighted by Gasteiger charge is 2.25. The Morgan fingerprint density at radius 3 is 2.57 bits per heavy atom. The quantitative estimate of drug-likeness (QED) is 0.738. The van der Waals surface area contributed by atoms with Gasteiger partial charge in [0.2, 0.25) is 0 Å². The first-order chi connectivity index (χ1) is 6.77. The van der Waals surface area contributed by atoms with E-state index >= 15 is 0 Å². The molecular formula is C12H24N2. The van der Waals surface area contributed by atoms with Crippen LogP contribution in [0.5, 0.6) is 0 Å². The van der Waals surface area contributed by atoms with Gasteiger partial charge in [0, 0.05) is 12.1 Å². The van der Waals surface area contributed by atoms with E-state index in [0.29, 0.717) is 0 Å². The van der Waals surface area contributed by atoms with Crippen LogP contribution in [0.3, 0.4) is 0 Å². The van der Waals surface area contributed by atoms with Crippen LogP contribution in [0.2, 0.25) is 0 Å². The molecule has 1 heterocycles. The maximum atomic E-state index is 3.61. The van der Waals surface area contributed by atoms with Crippen LogP contribution in [0.25, 0.3) is 0 Å². The Morgan fingerprint density at radius 1 is 1.29 bits per heavy atom. The van der Waals surface area contributed by atoms with Gasteiger partial charge in [-0.05, 0) is 51.7 Å². The molecule has 0 bridgehead atoms. The standard InChI is InChI=1S/C12H24N2/c1-10-6-8-13-12(10)7-9-14(2)11-4-3-5-11/h10-13H,3-9H2,1-2H3. The summed E-state index contributed by atoms with van der Waals surface area (Å²) in [7, 11) is 2.30. The third-order valence-corrected chi connectivity index (χ3v) is 4.18. The second-order valence-corrected chi connectivity index (χ2v) is 5.18. The van der Waals surface area contributed by atoms with Crippen molar-refractivity contribution in [3.05, 3.63) is 0 Å². The summed E-state index contributed by atoms with van der Waals surface area (Å²) >= 11 is 0. The molecular weight excluding hydrogens is 172 g/mol. The molecule has 82 valence electrons. The van der Waals surface area contributed by atoms with Crippen LogP contribution in [0.4, 0.5) is 0 Å². The van der Waals surface area contributed by atoms with Gasteiger partial charge in [-0.25, -0.2) is 0 Å². The van der Waals surface area contributed by atoms with Crippen molar-refractivity contribution < 1.29 is 0 Å². The molecule has 2 nitrogen and oxygen atoms in total. The van der Waals surface area contributed by atoms with Crippen molar-refractivity contribution in [1.29, 1.82) is 0 Å². The Balaban J connectivity index is 1.65. The average Bonchev–Trinajstić information content (AvgIpc) is 2.44. The van der Waals surface area contributed by atoms with E-state index in [2.05, 4.69) is 24.2 Å². The molecule has 1 saturated carbocycles. The topological polar surface area (TPSA) is 15.3 Å². The molecule has 0 spiro atoms. The minimum atomic E-state index is 0.789. The highest BCUT2D eigenvalue weighted by Crippen LogP contribution is 2.24. The Hall–Kier alpha value is -0.0800. The Labute approximate surface area is 88.1 Å². The van der Waals surface area contributed by atoms with E-state index < -0.39 is 0 Å². The molecule has 2 fully saturated rings. The van der Waals surface area contributed by atoms with E-state index in [1.165, 1.54) is 45.2 Å². The molecule has 0 radical (unpaired) electrons. The average molecular weight is 196 g/mol. The van der Waals surface area contributed by atoms with Gasteiger partial charge < -0.3 is 10.2 Å². The number of hydrogen-bond donors (Lipinski definition) is 1. The molecule has 1 saturated heterocycles. The Morgan fingerprint density at radius 2 is 2.07 bits per heavy atom. The SMILES string of the molecule is CC1CCNC1CCN(C)C1CCC1. The summed E-state index contributed by atoms with van der Waals surface area (Å²) in [6.45, 7) is 4.90. The molecule has 1 N–H and O–H groups in total. The van der Waals surface area contributed by atoms with Crippen molar-refractivity contribution in [3.8, 4) is 0 Å².